The van der Waals surface area contributed by atoms with Crippen LogP contribution in [0.5, 0.6) is 11.6 Å². The molecule has 1 saturated heterocycles. The maximum Gasteiger partial charge on any atom is 0.514 e. The van der Waals surface area contributed by atoms with Gasteiger partial charge in [-0.1, -0.05) is 24.3 Å². The first-order valence-corrected chi connectivity index (χ1v) is 7.43. The van der Waals surface area contributed by atoms with E-state index in [9.17, 15) is 0 Å². The minimum absolute atomic E-state index is 0.379. The summed E-state index contributed by atoms with van der Waals surface area (Å²) in [7, 11) is -0.482. The van der Waals surface area contributed by atoms with Crippen molar-refractivity contribution in [2.45, 2.75) is 38.9 Å². The van der Waals surface area contributed by atoms with Crippen molar-refractivity contribution >= 4 is 12.7 Å². The smallest absolute Gasteiger partial charge is 0.439 e. The highest BCUT2D eigenvalue weighted by Crippen LogP contribution is 2.36. The molecule has 0 spiro atoms. The van der Waals surface area contributed by atoms with Gasteiger partial charge in [-0.25, -0.2) is 4.98 Å². The highest BCUT2D eigenvalue weighted by Gasteiger charge is 2.52. The molecule has 1 aromatic heterocycles. The lowest BCUT2D eigenvalue weighted by Gasteiger charge is -2.32. The van der Waals surface area contributed by atoms with Gasteiger partial charge in [0.1, 0.15) is 5.75 Å². The summed E-state index contributed by atoms with van der Waals surface area (Å²) in [6.45, 7) is 8.10. The summed E-state index contributed by atoms with van der Waals surface area (Å²) >= 11 is 0. The van der Waals surface area contributed by atoms with Crippen LogP contribution in [0.1, 0.15) is 27.7 Å². The zero-order chi connectivity index (χ0) is 15.8. The predicted molar refractivity (Wildman–Crippen MR) is 86.5 cm³/mol. The molecule has 5 heteroatoms. The van der Waals surface area contributed by atoms with E-state index in [0.717, 1.165) is 5.75 Å². The molecule has 0 amide bonds. The van der Waals surface area contributed by atoms with Gasteiger partial charge in [-0.15, -0.1) is 0 Å². The molecule has 0 unspecified atom stereocenters. The van der Waals surface area contributed by atoms with E-state index in [-0.39, 0.29) is 11.2 Å². The molecule has 1 fully saturated rings. The van der Waals surface area contributed by atoms with Crippen LogP contribution in [-0.4, -0.2) is 23.3 Å². The molecule has 1 aliphatic heterocycles. The number of para-hydroxylation sites is 1. The van der Waals surface area contributed by atoms with Gasteiger partial charge in [-0.3, -0.25) is 0 Å². The predicted octanol–water partition coefficient (Wildman–Crippen LogP) is 3.17. The van der Waals surface area contributed by atoms with E-state index >= 15 is 0 Å². The molecule has 0 saturated carbocycles. The number of benzene rings is 1. The topological polar surface area (TPSA) is 40.6 Å². The Morgan fingerprint density at radius 3 is 2.14 bits per heavy atom. The van der Waals surface area contributed by atoms with Gasteiger partial charge in [-0.05, 0) is 45.9 Å². The number of hydrogen-bond acceptors (Lipinski definition) is 4. The van der Waals surface area contributed by atoms with Crippen LogP contribution >= 0.6 is 0 Å². The van der Waals surface area contributed by atoms with Crippen molar-refractivity contribution in [3.05, 3.63) is 48.5 Å². The lowest BCUT2D eigenvalue weighted by atomic mass is 9.84. The highest BCUT2D eigenvalue weighted by atomic mass is 16.7. The van der Waals surface area contributed by atoms with Gasteiger partial charge in [0, 0.05) is 6.07 Å². The van der Waals surface area contributed by atoms with Gasteiger partial charge in [0.05, 0.1) is 16.8 Å². The van der Waals surface area contributed by atoms with Crippen LogP contribution < -0.4 is 10.3 Å². The quantitative estimate of drug-likeness (QED) is 0.816. The molecule has 1 aromatic carbocycles. The van der Waals surface area contributed by atoms with Crippen molar-refractivity contribution in [1.82, 2.24) is 4.98 Å². The third-order valence-corrected chi connectivity index (χ3v) is 4.21. The van der Waals surface area contributed by atoms with E-state index in [1.807, 2.05) is 76.2 Å². The van der Waals surface area contributed by atoms with E-state index in [1.165, 1.54) is 0 Å². The molecule has 0 radical (unpaired) electrons. The molecule has 0 bridgehead atoms. The zero-order valence-corrected chi connectivity index (χ0v) is 13.4. The molecular weight excluding hydrogens is 277 g/mol. The van der Waals surface area contributed by atoms with E-state index in [0.29, 0.717) is 11.5 Å². The van der Waals surface area contributed by atoms with Crippen LogP contribution in [0, 0.1) is 0 Å². The second kappa shape index (κ2) is 5.41. The molecule has 4 nitrogen and oxygen atoms in total. The SMILES string of the molecule is CC1(C)OB(c2cccc(Oc3ccccc3)n2)OC1(C)C. The van der Waals surface area contributed by atoms with E-state index in [2.05, 4.69) is 4.98 Å². The van der Waals surface area contributed by atoms with Crippen LogP contribution in [-0.2, 0) is 9.31 Å². The normalized spacial score (nSPS) is 19.2. The Kier molecular flexibility index (Phi) is 3.71. The molecule has 1 aliphatic rings. The highest BCUT2D eigenvalue weighted by molar-refractivity contribution is 6.61. The van der Waals surface area contributed by atoms with Crippen molar-refractivity contribution in [3.8, 4) is 11.6 Å². The van der Waals surface area contributed by atoms with Crippen molar-refractivity contribution in [2.24, 2.45) is 0 Å². The average molecular weight is 297 g/mol. The summed E-state index contributed by atoms with van der Waals surface area (Å²) in [5.41, 5.74) is -0.0438. The number of pyridine rings is 1. The molecule has 3 rings (SSSR count). The lowest BCUT2D eigenvalue weighted by molar-refractivity contribution is 0.00578. The van der Waals surface area contributed by atoms with Gasteiger partial charge in [-0.2, -0.15) is 0 Å². The van der Waals surface area contributed by atoms with Gasteiger partial charge < -0.3 is 14.0 Å². The van der Waals surface area contributed by atoms with Crippen molar-refractivity contribution in [1.29, 1.82) is 0 Å². The lowest BCUT2D eigenvalue weighted by Crippen LogP contribution is -2.41. The summed E-state index contributed by atoms with van der Waals surface area (Å²) in [5, 5.41) is 0. The maximum atomic E-state index is 6.02. The third-order valence-electron chi connectivity index (χ3n) is 4.21. The number of aromatic nitrogens is 1. The molecule has 0 N–H and O–H groups in total. The fraction of sp³-hybridized carbons (Fsp3) is 0.353. The largest absolute Gasteiger partial charge is 0.514 e. The maximum absolute atomic E-state index is 6.02. The number of hydrogen-bond donors (Lipinski definition) is 0. The Morgan fingerprint density at radius 1 is 0.864 bits per heavy atom. The molecular formula is C17H20BNO3. The average Bonchev–Trinajstić information content (AvgIpc) is 2.69. The Hall–Kier alpha value is -1.85. The number of nitrogens with zero attached hydrogens (tertiary/aromatic N) is 1. The molecule has 22 heavy (non-hydrogen) atoms. The monoisotopic (exact) mass is 297 g/mol. The summed E-state index contributed by atoms with van der Waals surface area (Å²) in [6.07, 6.45) is 0. The van der Waals surface area contributed by atoms with Crippen molar-refractivity contribution in [3.63, 3.8) is 0 Å². The van der Waals surface area contributed by atoms with Crippen LogP contribution in [0.2, 0.25) is 0 Å². The minimum Gasteiger partial charge on any atom is -0.439 e. The van der Waals surface area contributed by atoms with Crippen LogP contribution in [0.4, 0.5) is 0 Å². The van der Waals surface area contributed by atoms with Gasteiger partial charge in [0.15, 0.2) is 0 Å². The second-order valence-corrected chi connectivity index (χ2v) is 6.40. The van der Waals surface area contributed by atoms with E-state index < -0.39 is 7.12 Å². The summed E-state index contributed by atoms with van der Waals surface area (Å²) in [6, 6.07) is 15.2. The Morgan fingerprint density at radius 2 is 1.50 bits per heavy atom. The standard InChI is InChI=1S/C17H20BNO3/c1-16(2)17(3,4)22-18(21-16)14-11-8-12-15(19-14)20-13-9-6-5-7-10-13/h5-12H,1-4H3. The van der Waals surface area contributed by atoms with E-state index in [1.54, 1.807) is 0 Å². The van der Waals surface area contributed by atoms with Crippen LogP contribution in [0.3, 0.4) is 0 Å². The third kappa shape index (κ3) is 2.87. The van der Waals surface area contributed by atoms with Crippen LogP contribution in [0.15, 0.2) is 48.5 Å². The van der Waals surface area contributed by atoms with Crippen molar-refractivity contribution in [2.75, 3.05) is 0 Å². The van der Waals surface area contributed by atoms with Gasteiger partial charge in [0.25, 0.3) is 0 Å². The fourth-order valence-corrected chi connectivity index (χ4v) is 2.19. The second-order valence-electron chi connectivity index (χ2n) is 6.40. The van der Waals surface area contributed by atoms with E-state index in [4.69, 9.17) is 14.0 Å². The Bertz CT molecular complexity index is 642. The summed E-state index contributed by atoms with van der Waals surface area (Å²) < 4.78 is 17.8. The summed E-state index contributed by atoms with van der Waals surface area (Å²) in [5.74, 6) is 1.28. The van der Waals surface area contributed by atoms with Crippen molar-refractivity contribution < 1.29 is 14.0 Å². The first-order valence-electron chi connectivity index (χ1n) is 7.43. The molecule has 0 aliphatic carbocycles. The Labute approximate surface area is 131 Å². The zero-order valence-electron chi connectivity index (χ0n) is 13.4. The fourth-order valence-electron chi connectivity index (χ4n) is 2.19. The summed E-state index contributed by atoms with van der Waals surface area (Å²) in [4.78, 5) is 4.51. The van der Waals surface area contributed by atoms with Gasteiger partial charge >= 0.3 is 7.12 Å². The Balaban J connectivity index is 1.81. The first-order chi connectivity index (χ1) is 10.4. The number of rotatable bonds is 3. The minimum atomic E-state index is -0.482. The van der Waals surface area contributed by atoms with Gasteiger partial charge in [0.2, 0.25) is 5.88 Å². The first kappa shape index (κ1) is 15.1. The van der Waals surface area contributed by atoms with Crippen LogP contribution in [0.25, 0.3) is 0 Å². The molecule has 2 aromatic rings. The number of ether oxygens (including phenoxy) is 1. The molecule has 2 heterocycles. The molecule has 114 valence electrons. The molecule has 0 atom stereocenters.